The Bertz CT molecular complexity index is 813. The topological polar surface area (TPSA) is 34.4 Å². The zero-order chi connectivity index (χ0) is 14.8. The molecule has 0 amide bonds. The first-order chi connectivity index (χ1) is 10.2. The minimum absolute atomic E-state index is 0.213. The maximum atomic E-state index is 13.7. The van der Waals surface area contributed by atoms with Crippen molar-refractivity contribution in [2.24, 2.45) is 0 Å². The van der Waals surface area contributed by atoms with Crippen LogP contribution in [0.4, 0.5) is 4.39 Å². The third-order valence-electron chi connectivity index (χ3n) is 3.39. The molecule has 0 saturated carbocycles. The molecule has 3 nitrogen and oxygen atoms in total. The van der Waals surface area contributed by atoms with E-state index >= 15 is 0 Å². The molecule has 21 heavy (non-hydrogen) atoms. The van der Waals surface area contributed by atoms with Crippen LogP contribution in [-0.2, 0) is 12.8 Å². The molecule has 3 aromatic rings. The van der Waals surface area contributed by atoms with Gasteiger partial charge in [-0.3, -0.25) is 4.79 Å². The molecule has 0 aliphatic heterocycles. The van der Waals surface area contributed by atoms with E-state index in [1.54, 1.807) is 12.1 Å². The molecular weight excluding hydrogens is 335 g/mol. The van der Waals surface area contributed by atoms with E-state index in [0.29, 0.717) is 24.1 Å². The van der Waals surface area contributed by atoms with Gasteiger partial charge in [-0.05, 0) is 46.1 Å². The highest BCUT2D eigenvalue weighted by Crippen LogP contribution is 2.18. The molecule has 0 radical (unpaired) electrons. The highest BCUT2D eigenvalue weighted by molar-refractivity contribution is 9.10. The predicted molar refractivity (Wildman–Crippen MR) is 82.1 cm³/mol. The quantitative estimate of drug-likeness (QED) is 0.672. The van der Waals surface area contributed by atoms with Gasteiger partial charge in [0.15, 0.2) is 6.29 Å². The van der Waals surface area contributed by atoms with Crippen LogP contribution in [0, 0.1) is 5.82 Å². The lowest BCUT2D eigenvalue weighted by atomic mass is 10.1. The van der Waals surface area contributed by atoms with Crippen LogP contribution in [0.15, 0.2) is 47.1 Å². The summed E-state index contributed by atoms with van der Waals surface area (Å²) in [7, 11) is 0. The molecule has 3 rings (SSSR count). The van der Waals surface area contributed by atoms with Gasteiger partial charge in [0.2, 0.25) is 0 Å². The van der Waals surface area contributed by atoms with Crippen molar-refractivity contribution < 1.29 is 9.18 Å². The number of imidazole rings is 1. The standard InChI is InChI=1S/C16H12BrFN2O/c17-12-6-7-15-14(10-21)19-16(20(15)9-12)8-5-11-3-1-2-4-13(11)18/h1-4,6-7,9-10H,5,8H2. The van der Waals surface area contributed by atoms with Crippen molar-refractivity contribution in [1.82, 2.24) is 9.38 Å². The highest BCUT2D eigenvalue weighted by Gasteiger charge is 2.11. The number of halogens is 2. The summed E-state index contributed by atoms with van der Waals surface area (Å²) in [5.74, 6) is 0.534. The van der Waals surface area contributed by atoms with E-state index in [9.17, 15) is 9.18 Å². The lowest BCUT2D eigenvalue weighted by Crippen LogP contribution is -1.99. The summed E-state index contributed by atoms with van der Waals surface area (Å²) < 4.78 is 16.4. The smallest absolute Gasteiger partial charge is 0.170 e. The average molecular weight is 347 g/mol. The fraction of sp³-hybridized carbons (Fsp3) is 0.125. The molecule has 0 aliphatic carbocycles. The summed E-state index contributed by atoms with van der Waals surface area (Å²) >= 11 is 3.41. The molecule has 0 spiro atoms. The van der Waals surface area contributed by atoms with Crippen LogP contribution in [-0.4, -0.2) is 15.7 Å². The van der Waals surface area contributed by atoms with Crippen molar-refractivity contribution in [3.05, 3.63) is 70.0 Å². The Morgan fingerprint density at radius 1 is 1.19 bits per heavy atom. The Balaban J connectivity index is 1.95. The molecule has 2 aromatic heterocycles. The van der Waals surface area contributed by atoms with E-state index in [0.717, 1.165) is 22.1 Å². The summed E-state index contributed by atoms with van der Waals surface area (Å²) in [6, 6.07) is 10.4. The lowest BCUT2D eigenvalue weighted by Gasteiger charge is -2.03. The van der Waals surface area contributed by atoms with E-state index in [1.165, 1.54) is 6.07 Å². The second kappa shape index (κ2) is 5.77. The molecule has 5 heteroatoms. The lowest BCUT2D eigenvalue weighted by molar-refractivity contribution is 0.112. The molecule has 1 aromatic carbocycles. The fourth-order valence-corrected chi connectivity index (χ4v) is 2.69. The number of carbonyl (C=O) groups is 1. The second-order valence-electron chi connectivity index (χ2n) is 4.73. The van der Waals surface area contributed by atoms with Gasteiger partial charge in [-0.25, -0.2) is 9.37 Å². The number of aromatic nitrogens is 2. The van der Waals surface area contributed by atoms with Crippen LogP contribution < -0.4 is 0 Å². The first-order valence-corrected chi connectivity index (χ1v) is 7.33. The van der Waals surface area contributed by atoms with Crippen LogP contribution in [0.3, 0.4) is 0 Å². The monoisotopic (exact) mass is 346 g/mol. The summed E-state index contributed by atoms with van der Waals surface area (Å²) in [6.45, 7) is 0. The molecule has 2 heterocycles. The number of nitrogens with zero attached hydrogens (tertiary/aromatic N) is 2. The first-order valence-electron chi connectivity index (χ1n) is 6.54. The normalized spacial score (nSPS) is 11.0. The largest absolute Gasteiger partial charge is 0.302 e. The number of pyridine rings is 1. The van der Waals surface area contributed by atoms with E-state index in [2.05, 4.69) is 20.9 Å². The Hall–Kier alpha value is -2.01. The summed E-state index contributed by atoms with van der Waals surface area (Å²) in [5, 5.41) is 0. The minimum atomic E-state index is -0.213. The van der Waals surface area contributed by atoms with Crippen LogP contribution in [0.25, 0.3) is 5.52 Å². The predicted octanol–water partition coefficient (Wildman–Crippen LogP) is 3.83. The molecule has 106 valence electrons. The van der Waals surface area contributed by atoms with Gasteiger partial charge in [-0.2, -0.15) is 0 Å². The van der Waals surface area contributed by atoms with Crippen LogP contribution in [0.5, 0.6) is 0 Å². The van der Waals surface area contributed by atoms with Crippen LogP contribution >= 0.6 is 15.9 Å². The van der Waals surface area contributed by atoms with Crippen molar-refractivity contribution in [2.45, 2.75) is 12.8 Å². The van der Waals surface area contributed by atoms with Crippen molar-refractivity contribution in [2.75, 3.05) is 0 Å². The Morgan fingerprint density at radius 2 is 2.00 bits per heavy atom. The second-order valence-corrected chi connectivity index (χ2v) is 5.64. The number of aldehydes is 1. The van der Waals surface area contributed by atoms with Gasteiger partial charge in [0, 0.05) is 17.1 Å². The molecule has 0 N–H and O–H groups in total. The van der Waals surface area contributed by atoms with Gasteiger partial charge < -0.3 is 4.40 Å². The first kappa shape index (κ1) is 13.9. The Kier molecular flexibility index (Phi) is 3.84. The number of hydrogen-bond donors (Lipinski definition) is 0. The minimum Gasteiger partial charge on any atom is -0.302 e. The number of benzene rings is 1. The van der Waals surface area contributed by atoms with Crippen LogP contribution in [0.1, 0.15) is 21.9 Å². The maximum absolute atomic E-state index is 13.7. The third-order valence-corrected chi connectivity index (χ3v) is 3.86. The molecule has 0 bridgehead atoms. The van der Waals surface area contributed by atoms with Crippen molar-refractivity contribution in [3.63, 3.8) is 0 Å². The Morgan fingerprint density at radius 3 is 2.76 bits per heavy atom. The van der Waals surface area contributed by atoms with E-state index in [1.807, 2.05) is 28.8 Å². The van der Waals surface area contributed by atoms with Gasteiger partial charge in [0.1, 0.15) is 17.3 Å². The zero-order valence-corrected chi connectivity index (χ0v) is 12.7. The number of rotatable bonds is 4. The van der Waals surface area contributed by atoms with Gasteiger partial charge in [-0.15, -0.1) is 0 Å². The SMILES string of the molecule is O=Cc1nc(CCc2ccccc2F)n2cc(Br)ccc12. The molecule has 0 aliphatic rings. The Labute approximate surface area is 129 Å². The molecular formula is C16H12BrFN2O. The van der Waals surface area contributed by atoms with Gasteiger partial charge in [0.25, 0.3) is 0 Å². The number of fused-ring (bicyclic) bond motifs is 1. The summed E-state index contributed by atoms with van der Waals surface area (Å²) in [5.41, 5.74) is 1.82. The van der Waals surface area contributed by atoms with Crippen molar-refractivity contribution in [1.29, 1.82) is 0 Å². The molecule has 0 fully saturated rings. The van der Waals surface area contributed by atoms with Crippen molar-refractivity contribution in [3.8, 4) is 0 Å². The van der Waals surface area contributed by atoms with E-state index < -0.39 is 0 Å². The summed E-state index contributed by atoms with van der Waals surface area (Å²) in [6.07, 6.45) is 3.71. The van der Waals surface area contributed by atoms with E-state index in [-0.39, 0.29) is 5.82 Å². The average Bonchev–Trinajstić information content (AvgIpc) is 2.83. The molecule has 0 atom stereocenters. The third kappa shape index (κ3) is 2.74. The zero-order valence-electron chi connectivity index (χ0n) is 11.1. The highest BCUT2D eigenvalue weighted by atomic mass is 79.9. The van der Waals surface area contributed by atoms with Crippen LogP contribution in [0.2, 0.25) is 0 Å². The number of carbonyl (C=O) groups excluding carboxylic acids is 1. The van der Waals surface area contributed by atoms with Gasteiger partial charge >= 0.3 is 0 Å². The van der Waals surface area contributed by atoms with Crippen molar-refractivity contribution >= 4 is 27.7 Å². The number of aryl methyl sites for hydroxylation is 2. The maximum Gasteiger partial charge on any atom is 0.170 e. The summed E-state index contributed by atoms with van der Waals surface area (Å²) in [4.78, 5) is 15.4. The van der Waals surface area contributed by atoms with E-state index in [4.69, 9.17) is 0 Å². The number of hydrogen-bond acceptors (Lipinski definition) is 2. The molecule has 0 saturated heterocycles. The van der Waals surface area contributed by atoms with Gasteiger partial charge in [-0.1, -0.05) is 18.2 Å². The molecule has 0 unspecified atom stereocenters. The van der Waals surface area contributed by atoms with Gasteiger partial charge in [0.05, 0.1) is 5.52 Å². The fourth-order valence-electron chi connectivity index (χ4n) is 2.36.